The van der Waals surface area contributed by atoms with Crippen LogP contribution in [0.3, 0.4) is 0 Å². The lowest BCUT2D eigenvalue weighted by atomic mass is 10.1. The molecular weight excluding hydrogens is 511 g/mol. The molecule has 0 aliphatic carbocycles. The lowest BCUT2D eigenvalue weighted by Gasteiger charge is -2.33. The van der Waals surface area contributed by atoms with Crippen LogP contribution >= 0.6 is 11.6 Å². The molecule has 1 amide bonds. The SMILES string of the molecule is O=C(OCc1cc(Cl)cc(C(F)(F)F)c1)N1CCN(CC[S+]([O-])c2ccc3[nH]c(=O)oc3c2)CC1. The summed E-state index contributed by atoms with van der Waals surface area (Å²) in [4.78, 5) is 30.2. The number of aromatic amines is 1. The second-order valence-electron chi connectivity index (χ2n) is 7.95. The van der Waals surface area contributed by atoms with Crippen LogP contribution in [0.1, 0.15) is 11.1 Å². The van der Waals surface area contributed by atoms with Gasteiger partial charge in [0.2, 0.25) is 0 Å². The summed E-state index contributed by atoms with van der Waals surface area (Å²) in [6, 6.07) is 7.94. The van der Waals surface area contributed by atoms with Gasteiger partial charge in [-0.2, -0.15) is 13.2 Å². The molecule has 35 heavy (non-hydrogen) atoms. The monoisotopic (exact) mass is 531 g/mol. The van der Waals surface area contributed by atoms with E-state index in [1.807, 2.05) is 0 Å². The number of hydrogen-bond donors (Lipinski definition) is 1. The van der Waals surface area contributed by atoms with Gasteiger partial charge in [-0.3, -0.25) is 9.88 Å². The summed E-state index contributed by atoms with van der Waals surface area (Å²) in [6.45, 7) is 2.02. The lowest BCUT2D eigenvalue weighted by molar-refractivity contribution is -0.137. The fraction of sp³-hybridized carbons (Fsp3) is 0.364. The van der Waals surface area contributed by atoms with Crippen LogP contribution < -0.4 is 5.76 Å². The molecule has 0 spiro atoms. The molecule has 1 saturated heterocycles. The number of nitrogens with one attached hydrogen (secondary N) is 1. The lowest BCUT2D eigenvalue weighted by Crippen LogP contribution is -2.49. The van der Waals surface area contributed by atoms with E-state index in [9.17, 15) is 27.3 Å². The largest absolute Gasteiger partial charge is 0.611 e. The molecule has 1 atom stereocenters. The van der Waals surface area contributed by atoms with Crippen LogP contribution in [0.5, 0.6) is 0 Å². The summed E-state index contributed by atoms with van der Waals surface area (Å²) in [5.74, 6) is -0.209. The average Bonchev–Trinajstić information content (AvgIpc) is 3.19. The van der Waals surface area contributed by atoms with Crippen LogP contribution in [-0.2, 0) is 28.7 Å². The van der Waals surface area contributed by atoms with E-state index < -0.39 is 34.8 Å². The molecule has 1 fully saturated rings. The van der Waals surface area contributed by atoms with Gasteiger partial charge in [-0.15, -0.1) is 0 Å². The standard InChI is InChI=1S/C22H21ClF3N3O5S/c23-16-10-14(9-15(11-16)22(24,25)26)13-33-21(31)29-5-3-28(4-6-29)7-8-35(32)17-1-2-18-19(12-17)34-20(30)27-18/h1-2,9-12H,3-8,13H2,(H,27,30). The summed E-state index contributed by atoms with van der Waals surface area (Å²) < 4.78 is 61.6. The molecular formula is C22H21ClF3N3O5S. The van der Waals surface area contributed by atoms with Crippen LogP contribution in [0, 0.1) is 0 Å². The molecule has 4 rings (SSSR count). The minimum absolute atomic E-state index is 0.0885. The zero-order valence-electron chi connectivity index (χ0n) is 18.3. The summed E-state index contributed by atoms with van der Waals surface area (Å²) in [6.07, 6.45) is -5.17. The molecule has 1 unspecified atom stereocenters. The van der Waals surface area contributed by atoms with Gasteiger partial charge in [0.1, 0.15) is 12.4 Å². The smallest absolute Gasteiger partial charge is 0.417 e. The predicted molar refractivity (Wildman–Crippen MR) is 123 cm³/mol. The fourth-order valence-electron chi connectivity index (χ4n) is 3.68. The van der Waals surface area contributed by atoms with Gasteiger partial charge in [0.05, 0.1) is 11.1 Å². The Kier molecular flexibility index (Phi) is 7.64. The second kappa shape index (κ2) is 10.5. The number of aromatic nitrogens is 1. The van der Waals surface area contributed by atoms with Crippen LogP contribution in [0.15, 0.2) is 50.5 Å². The van der Waals surface area contributed by atoms with E-state index in [0.29, 0.717) is 54.5 Å². The highest BCUT2D eigenvalue weighted by Gasteiger charge is 2.31. The van der Waals surface area contributed by atoms with Crippen molar-refractivity contribution in [1.29, 1.82) is 0 Å². The molecule has 2 heterocycles. The van der Waals surface area contributed by atoms with Gasteiger partial charge in [-0.05, 0) is 47.1 Å². The van der Waals surface area contributed by atoms with Crippen molar-refractivity contribution in [1.82, 2.24) is 14.8 Å². The Balaban J connectivity index is 1.23. The van der Waals surface area contributed by atoms with Crippen molar-refractivity contribution in [3.05, 3.63) is 63.1 Å². The number of amides is 1. The number of halogens is 4. The number of benzene rings is 2. The maximum absolute atomic E-state index is 12.9. The number of fused-ring (bicyclic) bond motifs is 1. The van der Waals surface area contributed by atoms with E-state index in [1.54, 1.807) is 18.2 Å². The molecule has 2 aromatic carbocycles. The molecule has 8 nitrogen and oxygen atoms in total. The Labute approximate surface area is 205 Å². The zero-order chi connectivity index (χ0) is 25.2. The van der Waals surface area contributed by atoms with Gasteiger partial charge in [0, 0.05) is 43.8 Å². The van der Waals surface area contributed by atoms with Crippen LogP contribution in [0.4, 0.5) is 18.0 Å². The molecule has 1 N–H and O–H groups in total. The minimum atomic E-state index is -4.55. The number of ether oxygens (including phenoxy) is 1. The van der Waals surface area contributed by atoms with E-state index in [4.69, 9.17) is 20.8 Å². The summed E-state index contributed by atoms with van der Waals surface area (Å²) in [5.41, 5.74) is 0.131. The average molecular weight is 532 g/mol. The van der Waals surface area contributed by atoms with Crippen LogP contribution in [0.2, 0.25) is 5.02 Å². The number of rotatable bonds is 6. The molecule has 3 aromatic rings. The Morgan fingerprint density at radius 1 is 1.17 bits per heavy atom. The van der Waals surface area contributed by atoms with Crippen LogP contribution in [-0.4, -0.2) is 63.9 Å². The third-order valence-corrected chi connectivity index (χ3v) is 7.08. The van der Waals surface area contributed by atoms with Crippen molar-refractivity contribution in [2.45, 2.75) is 17.7 Å². The Bertz CT molecular complexity index is 1260. The Hall–Kier alpha value is -2.67. The van der Waals surface area contributed by atoms with Gasteiger partial charge in [-0.1, -0.05) is 11.6 Å². The van der Waals surface area contributed by atoms with Gasteiger partial charge in [0.15, 0.2) is 10.5 Å². The number of hydrogen-bond acceptors (Lipinski definition) is 6. The number of carbonyl (C=O) groups is 1. The van der Waals surface area contributed by atoms with E-state index in [2.05, 4.69) is 9.88 Å². The molecule has 0 saturated carbocycles. The third kappa shape index (κ3) is 6.51. The molecule has 13 heteroatoms. The van der Waals surface area contributed by atoms with Gasteiger partial charge in [-0.25, -0.2) is 9.59 Å². The first-order valence-electron chi connectivity index (χ1n) is 10.6. The number of alkyl halides is 3. The highest BCUT2D eigenvalue weighted by Crippen LogP contribution is 2.32. The molecule has 1 aromatic heterocycles. The van der Waals surface area contributed by atoms with Gasteiger partial charge < -0.3 is 18.6 Å². The maximum Gasteiger partial charge on any atom is 0.417 e. The van der Waals surface area contributed by atoms with E-state index in [-0.39, 0.29) is 17.2 Å². The quantitative estimate of drug-likeness (QED) is 0.485. The number of oxazole rings is 1. The van der Waals surface area contributed by atoms with Crippen molar-refractivity contribution in [3.8, 4) is 0 Å². The maximum atomic E-state index is 12.9. The van der Waals surface area contributed by atoms with Gasteiger partial charge >= 0.3 is 18.0 Å². The number of piperazine rings is 1. The van der Waals surface area contributed by atoms with E-state index in [1.165, 1.54) is 11.0 Å². The first-order chi connectivity index (χ1) is 16.6. The number of carbonyl (C=O) groups excluding carboxylic acids is 1. The number of nitrogens with zero attached hydrogens (tertiary/aromatic N) is 2. The predicted octanol–water partition coefficient (Wildman–Crippen LogP) is 3.86. The van der Waals surface area contributed by atoms with Crippen LogP contribution in [0.25, 0.3) is 11.1 Å². The van der Waals surface area contributed by atoms with Crippen molar-refractivity contribution >= 4 is 40.0 Å². The molecule has 0 radical (unpaired) electrons. The first-order valence-corrected chi connectivity index (χ1v) is 12.3. The van der Waals surface area contributed by atoms with E-state index >= 15 is 0 Å². The molecule has 1 aliphatic rings. The number of H-pyrrole nitrogens is 1. The van der Waals surface area contributed by atoms with Gasteiger partial charge in [0.25, 0.3) is 0 Å². The molecule has 1 aliphatic heterocycles. The second-order valence-corrected chi connectivity index (χ2v) is 9.96. The fourth-order valence-corrected chi connectivity index (χ4v) is 5.06. The molecule has 0 bridgehead atoms. The molecule has 188 valence electrons. The zero-order valence-corrected chi connectivity index (χ0v) is 19.8. The first kappa shape index (κ1) is 25.4. The summed E-state index contributed by atoms with van der Waals surface area (Å²) >= 11 is 4.46. The van der Waals surface area contributed by atoms with Crippen molar-refractivity contribution in [3.63, 3.8) is 0 Å². The highest BCUT2D eigenvalue weighted by molar-refractivity contribution is 7.91. The normalized spacial score (nSPS) is 16.0. The Morgan fingerprint density at radius 3 is 2.63 bits per heavy atom. The summed E-state index contributed by atoms with van der Waals surface area (Å²) in [5, 5.41) is -0.0885. The van der Waals surface area contributed by atoms with E-state index in [0.717, 1.165) is 12.1 Å². The Morgan fingerprint density at radius 2 is 1.91 bits per heavy atom. The van der Waals surface area contributed by atoms with Crippen molar-refractivity contribution < 1.29 is 31.7 Å². The highest BCUT2D eigenvalue weighted by atomic mass is 35.5. The topological polar surface area (TPSA) is 102 Å². The van der Waals surface area contributed by atoms with Crippen molar-refractivity contribution in [2.24, 2.45) is 0 Å². The van der Waals surface area contributed by atoms with Crippen molar-refractivity contribution in [2.75, 3.05) is 38.5 Å². The summed E-state index contributed by atoms with van der Waals surface area (Å²) in [7, 11) is 0. The minimum Gasteiger partial charge on any atom is -0.611 e. The third-order valence-electron chi connectivity index (χ3n) is 5.53.